The van der Waals surface area contributed by atoms with E-state index in [1.54, 1.807) is 48.5 Å². The molecule has 0 saturated carbocycles. The standard InChI is InChI=1S/C25H19Cl2N3O3/c26-19-8-4-5-9-20(19)29-23(31)17-10-12-18(13-11-17)28-22-21(27)24(32)30(25(22)33)15-14-16-6-2-1-3-7-16/h1-13,28H,14-15H2,(H,29,31). The number of hydrogen-bond acceptors (Lipinski definition) is 4. The van der Waals surface area contributed by atoms with Crippen molar-refractivity contribution < 1.29 is 14.4 Å². The third-order valence-electron chi connectivity index (χ3n) is 5.12. The number of carbonyl (C=O) groups excluding carboxylic acids is 3. The summed E-state index contributed by atoms with van der Waals surface area (Å²) in [6, 6.07) is 23.0. The zero-order valence-electron chi connectivity index (χ0n) is 17.3. The fourth-order valence-corrected chi connectivity index (χ4v) is 3.76. The molecule has 33 heavy (non-hydrogen) atoms. The lowest BCUT2D eigenvalue weighted by Crippen LogP contribution is -2.34. The van der Waals surface area contributed by atoms with Gasteiger partial charge >= 0.3 is 0 Å². The number of amides is 3. The van der Waals surface area contributed by atoms with Crippen LogP contribution in [-0.4, -0.2) is 29.2 Å². The van der Waals surface area contributed by atoms with Crippen LogP contribution in [0.2, 0.25) is 5.02 Å². The Kier molecular flexibility index (Phi) is 6.77. The highest BCUT2D eigenvalue weighted by molar-refractivity contribution is 6.48. The van der Waals surface area contributed by atoms with E-state index in [-0.39, 0.29) is 23.2 Å². The Hall–Kier alpha value is -3.61. The van der Waals surface area contributed by atoms with Crippen LogP contribution in [0.4, 0.5) is 11.4 Å². The van der Waals surface area contributed by atoms with E-state index in [1.165, 1.54) is 0 Å². The second-order valence-corrected chi connectivity index (χ2v) is 8.11. The number of nitrogens with zero attached hydrogens (tertiary/aromatic N) is 1. The molecule has 8 heteroatoms. The van der Waals surface area contributed by atoms with Gasteiger partial charge in [0.05, 0.1) is 10.7 Å². The molecule has 0 aromatic heterocycles. The molecule has 166 valence electrons. The summed E-state index contributed by atoms with van der Waals surface area (Å²) in [6.07, 6.45) is 0.533. The number of benzene rings is 3. The van der Waals surface area contributed by atoms with Crippen LogP contribution in [-0.2, 0) is 16.0 Å². The van der Waals surface area contributed by atoms with Crippen LogP contribution in [0, 0.1) is 0 Å². The first-order valence-corrected chi connectivity index (χ1v) is 10.9. The molecule has 2 N–H and O–H groups in total. The monoisotopic (exact) mass is 479 g/mol. The fourth-order valence-electron chi connectivity index (χ4n) is 3.35. The second kappa shape index (κ2) is 9.90. The SMILES string of the molecule is O=C(Nc1ccccc1Cl)c1ccc(NC2=C(Cl)C(=O)N(CCc3ccccc3)C2=O)cc1. The summed E-state index contributed by atoms with van der Waals surface area (Å²) in [5.41, 5.74) is 2.46. The number of hydrogen-bond donors (Lipinski definition) is 2. The Labute approximate surface area is 200 Å². The van der Waals surface area contributed by atoms with Gasteiger partial charge in [0.1, 0.15) is 10.7 Å². The van der Waals surface area contributed by atoms with E-state index < -0.39 is 11.8 Å². The molecule has 3 aromatic rings. The summed E-state index contributed by atoms with van der Waals surface area (Å²) in [4.78, 5) is 38.9. The molecular weight excluding hydrogens is 461 g/mol. The molecule has 3 aromatic carbocycles. The van der Waals surface area contributed by atoms with Crippen molar-refractivity contribution in [2.45, 2.75) is 6.42 Å². The van der Waals surface area contributed by atoms with Gasteiger partial charge in [-0.2, -0.15) is 0 Å². The Morgan fingerprint density at radius 2 is 1.48 bits per heavy atom. The predicted molar refractivity (Wildman–Crippen MR) is 129 cm³/mol. The lowest BCUT2D eigenvalue weighted by molar-refractivity contribution is -0.137. The lowest BCUT2D eigenvalue weighted by atomic mass is 10.1. The summed E-state index contributed by atoms with van der Waals surface area (Å²) in [7, 11) is 0. The van der Waals surface area contributed by atoms with Crippen LogP contribution in [0.15, 0.2) is 89.6 Å². The Morgan fingerprint density at radius 1 is 0.818 bits per heavy atom. The van der Waals surface area contributed by atoms with Crippen LogP contribution < -0.4 is 10.6 Å². The summed E-state index contributed by atoms with van der Waals surface area (Å²) >= 11 is 12.2. The number of halogens is 2. The fraction of sp³-hybridized carbons (Fsp3) is 0.0800. The molecule has 1 heterocycles. The molecule has 1 aliphatic rings. The first kappa shape index (κ1) is 22.6. The molecule has 0 aliphatic carbocycles. The minimum absolute atomic E-state index is 0.0167. The van der Waals surface area contributed by atoms with E-state index in [0.717, 1.165) is 10.5 Å². The van der Waals surface area contributed by atoms with Crippen molar-refractivity contribution in [3.8, 4) is 0 Å². The average Bonchev–Trinajstić information content (AvgIpc) is 3.03. The molecule has 0 radical (unpaired) electrons. The molecule has 6 nitrogen and oxygen atoms in total. The normalized spacial score (nSPS) is 13.5. The van der Waals surface area contributed by atoms with E-state index in [2.05, 4.69) is 10.6 Å². The van der Waals surface area contributed by atoms with Crippen molar-refractivity contribution in [2.75, 3.05) is 17.2 Å². The molecule has 4 rings (SSSR count). The first-order chi connectivity index (χ1) is 15.9. The number of rotatable bonds is 7. The summed E-state index contributed by atoms with van der Waals surface area (Å²) in [5.74, 6) is -1.34. The van der Waals surface area contributed by atoms with E-state index in [1.807, 2.05) is 30.3 Å². The average molecular weight is 480 g/mol. The quantitative estimate of drug-likeness (QED) is 0.463. The number of imide groups is 1. The molecule has 0 spiro atoms. The van der Waals surface area contributed by atoms with Crippen LogP contribution in [0.3, 0.4) is 0 Å². The molecule has 1 aliphatic heterocycles. The highest BCUT2D eigenvalue weighted by Gasteiger charge is 2.37. The molecule has 0 atom stereocenters. The van der Waals surface area contributed by atoms with E-state index in [4.69, 9.17) is 23.2 Å². The summed E-state index contributed by atoms with van der Waals surface area (Å²) < 4.78 is 0. The van der Waals surface area contributed by atoms with Gasteiger partial charge in [0.25, 0.3) is 17.7 Å². The highest BCUT2D eigenvalue weighted by Crippen LogP contribution is 2.26. The van der Waals surface area contributed by atoms with Crippen LogP contribution in [0.1, 0.15) is 15.9 Å². The zero-order valence-corrected chi connectivity index (χ0v) is 18.9. The van der Waals surface area contributed by atoms with Crippen molar-refractivity contribution in [1.29, 1.82) is 0 Å². The van der Waals surface area contributed by atoms with Crippen LogP contribution in [0.25, 0.3) is 0 Å². The van der Waals surface area contributed by atoms with Crippen molar-refractivity contribution >= 4 is 52.3 Å². The molecule has 0 unspecified atom stereocenters. The van der Waals surface area contributed by atoms with Gasteiger partial charge in [-0.05, 0) is 48.4 Å². The number of anilines is 2. The molecule has 0 bridgehead atoms. The van der Waals surface area contributed by atoms with Crippen molar-refractivity contribution in [3.05, 3.63) is 106 Å². The zero-order chi connectivity index (χ0) is 23.4. The van der Waals surface area contributed by atoms with Gasteiger partial charge in [0.2, 0.25) is 0 Å². The minimum Gasteiger partial charge on any atom is -0.350 e. The maximum atomic E-state index is 12.8. The molecule has 0 fully saturated rings. The third-order valence-corrected chi connectivity index (χ3v) is 5.80. The van der Waals surface area contributed by atoms with Gasteiger partial charge in [-0.3, -0.25) is 19.3 Å². The minimum atomic E-state index is -0.532. The maximum absolute atomic E-state index is 12.8. The van der Waals surface area contributed by atoms with Gasteiger partial charge < -0.3 is 10.6 Å². The summed E-state index contributed by atoms with van der Waals surface area (Å²) in [6.45, 7) is 0.226. The molecule has 0 saturated heterocycles. The Balaban J connectivity index is 1.41. The van der Waals surface area contributed by atoms with E-state index in [9.17, 15) is 14.4 Å². The first-order valence-electron chi connectivity index (χ1n) is 10.2. The van der Waals surface area contributed by atoms with Gasteiger partial charge in [0, 0.05) is 17.8 Å². The predicted octanol–water partition coefficient (Wildman–Crippen LogP) is 5.07. The van der Waals surface area contributed by atoms with Crippen molar-refractivity contribution in [1.82, 2.24) is 4.90 Å². The van der Waals surface area contributed by atoms with Gasteiger partial charge in [0.15, 0.2) is 0 Å². The Morgan fingerprint density at radius 3 is 2.18 bits per heavy atom. The summed E-state index contributed by atoms with van der Waals surface area (Å²) in [5, 5.41) is 5.93. The third kappa shape index (κ3) is 5.08. The topological polar surface area (TPSA) is 78.5 Å². The molecule has 3 amide bonds. The maximum Gasteiger partial charge on any atom is 0.278 e. The van der Waals surface area contributed by atoms with Gasteiger partial charge in [-0.25, -0.2) is 0 Å². The van der Waals surface area contributed by atoms with E-state index in [0.29, 0.717) is 28.4 Å². The molecular formula is C25H19Cl2N3O3. The van der Waals surface area contributed by atoms with Gasteiger partial charge in [-0.1, -0.05) is 65.7 Å². The smallest absolute Gasteiger partial charge is 0.278 e. The van der Waals surface area contributed by atoms with E-state index >= 15 is 0 Å². The highest BCUT2D eigenvalue weighted by atomic mass is 35.5. The number of carbonyl (C=O) groups is 3. The van der Waals surface area contributed by atoms with Gasteiger partial charge in [-0.15, -0.1) is 0 Å². The largest absolute Gasteiger partial charge is 0.350 e. The van der Waals surface area contributed by atoms with Crippen molar-refractivity contribution in [2.24, 2.45) is 0 Å². The lowest BCUT2D eigenvalue weighted by Gasteiger charge is -2.15. The second-order valence-electron chi connectivity index (χ2n) is 7.32. The van der Waals surface area contributed by atoms with Crippen molar-refractivity contribution in [3.63, 3.8) is 0 Å². The number of nitrogens with one attached hydrogen (secondary N) is 2. The Bertz CT molecular complexity index is 1240. The number of para-hydroxylation sites is 1. The van der Waals surface area contributed by atoms with Crippen LogP contribution in [0.5, 0.6) is 0 Å². The van der Waals surface area contributed by atoms with Crippen LogP contribution >= 0.6 is 23.2 Å².